The zero-order valence-corrected chi connectivity index (χ0v) is 16.4. The molecule has 1 unspecified atom stereocenters. The molecule has 0 saturated carbocycles. The second kappa shape index (κ2) is 8.39. The fourth-order valence-corrected chi connectivity index (χ4v) is 3.31. The maximum atomic E-state index is 10.5. The molecule has 1 fully saturated rings. The van der Waals surface area contributed by atoms with Gasteiger partial charge in [-0.05, 0) is 17.7 Å². The van der Waals surface area contributed by atoms with Gasteiger partial charge in [0.15, 0.2) is 34.7 Å². The predicted molar refractivity (Wildman–Crippen MR) is 106 cm³/mol. The largest absolute Gasteiger partial charge is 0.504 e. The second-order valence-electron chi connectivity index (χ2n) is 6.85. The Morgan fingerprint density at radius 1 is 1.26 bits per heavy atom. The molecule has 0 bridgehead atoms. The van der Waals surface area contributed by atoms with Crippen molar-refractivity contribution >= 4 is 22.9 Å². The van der Waals surface area contributed by atoms with Crippen LogP contribution in [-0.2, 0) is 11.3 Å². The first-order valence-corrected chi connectivity index (χ1v) is 9.28. The van der Waals surface area contributed by atoms with Crippen LogP contribution in [-0.4, -0.2) is 72.0 Å². The van der Waals surface area contributed by atoms with Crippen LogP contribution < -0.4 is 10.5 Å². The maximum Gasteiger partial charge on any atom is 0.253 e. The fraction of sp³-hybridized carbons (Fsp3) is 0.389. The van der Waals surface area contributed by atoms with E-state index in [1.807, 2.05) is 0 Å². The number of rotatable bonds is 6. The van der Waals surface area contributed by atoms with Gasteiger partial charge >= 0.3 is 0 Å². The smallest absolute Gasteiger partial charge is 0.253 e. The van der Waals surface area contributed by atoms with E-state index in [1.165, 1.54) is 24.1 Å². The molecule has 2 aromatic heterocycles. The van der Waals surface area contributed by atoms with E-state index in [4.69, 9.17) is 15.2 Å². The Morgan fingerprint density at radius 2 is 2.06 bits per heavy atom. The van der Waals surface area contributed by atoms with Gasteiger partial charge in [-0.2, -0.15) is 5.11 Å². The summed E-state index contributed by atoms with van der Waals surface area (Å²) < 4.78 is 12.0. The Labute approximate surface area is 175 Å². The summed E-state index contributed by atoms with van der Waals surface area (Å²) in [6, 6.07) is 4.76. The minimum Gasteiger partial charge on any atom is -0.504 e. The van der Waals surface area contributed by atoms with Crippen LogP contribution in [0, 0.1) is 0 Å². The number of benzene rings is 1. The lowest BCUT2D eigenvalue weighted by Gasteiger charge is -2.17. The van der Waals surface area contributed by atoms with Crippen LogP contribution in [0.4, 0.5) is 11.8 Å². The highest BCUT2D eigenvalue weighted by atomic mass is 16.6. The molecule has 3 heterocycles. The normalized spacial score (nSPS) is 23.7. The number of anilines is 1. The third-order valence-electron chi connectivity index (χ3n) is 4.92. The molecule has 0 amide bonds. The minimum atomic E-state index is -1.37. The van der Waals surface area contributed by atoms with E-state index in [9.17, 15) is 20.4 Å². The number of aliphatic hydroxyl groups excluding tert-OH is 3. The number of hydrogen-bond acceptors (Lipinski definition) is 12. The number of methoxy groups -OCH3 is 1. The van der Waals surface area contributed by atoms with Crippen LogP contribution in [0.25, 0.3) is 11.2 Å². The number of aromatic hydroxyl groups is 1. The van der Waals surface area contributed by atoms with E-state index >= 15 is 0 Å². The third kappa shape index (κ3) is 3.74. The second-order valence-corrected chi connectivity index (χ2v) is 6.85. The number of aromatic nitrogens is 4. The number of phenolic OH excluding ortho intramolecular Hbond substituents is 1. The molecule has 0 radical (unpaired) electrons. The summed E-state index contributed by atoms with van der Waals surface area (Å²) >= 11 is 0. The molecule has 6 N–H and O–H groups in total. The lowest BCUT2D eigenvalue weighted by molar-refractivity contribution is -0.0503. The van der Waals surface area contributed by atoms with Gasteiger partial charge in [0, 0.05) is 0 Å². The van der Waals surface area contributed by atoms with Gasteiger partial charge in [-0.3, -0.25) is 4.57 Å². The van der Waals surface area contributed by atoms with Crippen molar-refractivity contribution in [2.45, 2.75) is 31.1 Å². The van der Waals surface area contributed by atoms with Gasteiger partial charge in [0.1, 0.15) is 24.6 Å². The number of phenols is 1. The van der Waals surface area contributed by atoms with Crippen LogP contribution in [0.3, 0.4) is 0 Å². The number of ether oxygens (including phenoxy) is 2. The first-order valence-electron chi connectivity index (χ1n) is 9.28. The average Bonchev–Trinajstić information content (AvgIpc) is 3.27. The van der Waals surface area contributed by atoms with Gasteiger partial charge in [-0.15, -0.1) is 5.11 Å². The van der Waals surface area contributed by atoms with Gasteiger partial charge in [0.25, 0.3) is 5.95 Å². The quantitative estimate of drug-likeness (QED) is 0.332. The summed E-state index contributed by atoms with van der Waals surface area (Å²) in [6.45, 7) is -0.352. The Hall–Kier alpha value is -3.39. The topological polar surface area (TPSA) is 194 Å². The van der Waals surface area contributed by atoms with Crippen molar-refractivity contribution in [2.24, 2.45) is 10.2 Å². The standard InChI is InChI=1S/C18H21N7O6/c1-30-10-4-8(2-3-9(10)27)5-22-24-18-23-12-15(19)20-7-21-16(12)25(18)17-14(29)13(28)11(6-26)31-17/h2-4,7,11,13-14,17,26-29H,5-6H2,1H3,(H2,19,20,21)/t11-,13-,14-,17?/m0/s1. The van der Waals surface area contributed by atoms with E-state index < -0.39 is 31.1 Å². The molecule has 0 aliphatic carbocycles. The third-order valence-corrected chi connectivity index (χ3v) is 4.92. The van der Waals surface area contributed by atoms with E-state index in [0.717, 1.165) is 0 Å². The summed E-state index contributed by atoms with van der Waals surface area (Å²) in [4.78, 5) is 12.3. The van der Waals surface area contributed by atoms with E-state index in [-0.39, 0.29) is 35.2 Å². The molecule has 1 saturated heterocycles. The SMILES string of the molecule is COc1cc(CN=Nc2nc3c(N)ncnc3n2C2O[C@@H](CO)[C@H](O)[C@@H]2O)ccc1O. The maximum absolute atomic E-state index is 10.5. The van der Waals surface area contributed by atoms with Crippen LogP contribution in [0.1, 0.15) is 11.8 Å². The number of fused-ring (bicyclic) bond motifs is 1. The summed E-state index contributed by atoms with van der Waals surface area (Å²) in [6.07, 6.45) is -3.59. The first kappa shape index (κ1) is 20.9. The summed E-state index contributed by atoms with van der Waals surface area (Å²) in [5.74, 6) is 0.413. The number of nitrogens with two attached hydrogens (primary N) is 1. The van der Waals surface area contributed by atoms with Crippen molar-refractivity contribution < 1.29 is 29.9 Å². The van der Waals surface area contributed by atoms with Crippen molar-refractivity contribution in [1.29, 1.82) is 0 Å². The summed E-state index contributed by atoms with van der Waals surface area (Å²) in [5.41, 5.74) is 7.05. The number of imidazole rings is 1. The van der Waals surface area contributed by atoms with E-state index in [1.54, 1.807) is 12.1 Å². The molecular weight excluding hydrogens is 410 g/mol. The molecule has 1 aliphatic heterocycles. The Kier molecular flexibility index (Phi) is 5.65. The van der Waals surface area contributed by atoms with Gasteiger partial charge in [-0.25, -0.2) is 15.0 Å². The van der Waals surface area contributed by atoms with Gasteiger partial charge in [0.2, 0.25) is 0 Å². The number of nitrogen functional groups attached to an aromatic ring is 1. The zero-order chi connectivity index (χ0) is 22.1. The van der Waals surface area contributed by atoms with Crippen molar-refractivity contribution in [3.8, 4) is 11.5 Å². The molecule has 1 aromatic carbocycles. The van der Waals surface area contributed by atoms with Gasteiger partial charge < -0.3 is 35.6 Å². The predicted octanol–water partition coefficient (Wildman–Crippen LogP) is 0.0181. The highest BCUT2D eigenvalue weighted by molar-refractivity contribution is 5.83. The molecular formula is C18H21N7O6. The molecule has 13 heteroatoms. The zero-order valence-electron chi connectivity index (χ0n) is 16.4. The minimum absolute atomic E-state index is 0.00314. The van der Waals surface area contributed by atoms with E-state index in [0.29, 0.717) is 11.3 Å². The molecule has 31 heavy (non-hydrogen) atoms. The summed E-state index contributed by atoms with van der Waals surface area (Å²) in [5, 5.41) is 47.9. The van der Waals surface area contributed by atoms with Crippen LogP contribution in [0.2, 0.25) is 0 Å². The lowest BCUT2D eigenvalue weighted by atomic mass is 10.1. The van der Waals surface area contributed by atoms with Crippen LogP contribution in [0.15, 0.2) is 34.8 Å². The molecule has 4 rings (SSSR count). The van der Waals surface area contributed by atoms with Gasteiger partial charge in [0.05, 0.1) is 20.3 Å². The molecule has 13 nitrogen and oxygen atoms in total. The van der Waals surface area contributed by atoms with Crippen LogP contribution in [0.5, 0.6) is 11.5 Å². The fourth-order valence-electron chi connectivity index (χ4n) is 3.31. The van der Waals surface area contributed by atoms with Gasteiger partial charge in [-0.1, -0.05) is 6.07 Å². The van der Waals surface area contributed by atoms with Crippen molar-refractivity contribution in [2.75, 3.05) is 19.5 Å². The highest BCUT2D eigenvalue weighted by Gasteiger charge is 2.45. The van der Waals surface area contributed by atoms with Crippen molar-refractivity contribution in [3.63, 3.8) is 0 Å². The first-order chi connectivity index (χ1) is 14.9. The number of aliphatic hydroxyl groups is 3. The Bertz CT molecular complexity index is 1120. The molecule has 1 aliphatic rings. The highest BCUT2D eigenvalue weighted by Crippen LogP contribution is 2.36. The van der Waals surface area contributed by atoms with Crippen molar-refractivity contribution in [3.05, 3.63) is 30.1 Å². The average molecular weight is 431 g/mol. The molecule has 4 atom stereocenters. The molecule has 0 spiro atoms. The number of azo groups is 1. The number of hydrogen-bond donors (Lipinski definition) is 5. The molecule has 164 valence electrons. The van der Waals surface area contributed by atoms with E-state index in [2.05, 4.69) is 25.2 Å². The summed E-state index contributed by atoms with van der Waals surface area (Å²) in [7, 11) is 1.44. The Morgan fingerprint density at radius 3 is 2.77 bits per heavy atom. The van der Waals surface area contributed by atoms with Crippen molar-refractivity contribution in [1.82, 2.24) is 19.5 Å². The monoisotopic (exact) mass is 431 g/mol. The number of nitrogens with zero attached hydrogens (tertiary/aromatic N) is 6. The van der Waals surface area contributed by atoms with Crippen LogP contribution >= 0.6 is 0 Å². The molecule has 3 aromatic rings. The Balaban J connectivity index is 1.70. The lowest BCUT2D eigenvalue weighted by Crippen LogP contribution is -2.33.